The molecular weight excluding hydrogens is 1450 g/mol. The molecule has 562 valence electrons. The molecular formula is C114H78BN5. The first-order valence-electron chi connectivity index (χ1n) is 48.5. The van der Waals surface area contributed by atoms with Crippen LogP contribution in [0.4, 0.5) is 34.1 Å². The minimum Gasteiger partial charge on any atom is -0.310 e. The number of rotatable bonds is 11. The van der Waals surface area contributed by atoms with Crippen LogP contribution in [0.25, 0.3) is 171 Å². The summed E-state index contributed by atoms with van der Waals surface area (Å²) in [5, 5.41) is 5.64. The third-order valence-corrected chi connectivity index (χ3v) is 24.6. The Labute approximate surface area is 719 Å². The van der Waals surface area contributed by atoms with Crippen LogP contribution < -0.4 is 26.2 Å². The van der Waals surface area contributed by atoms with Gasteiger partial charge >= 0.3 is 0 Å². The van der Waals surface area contributed by atoms with Gasteiger partial charge < -0.3 is 23.5 Å². The Balaban J connectivity index is 0.929. The van der Waals surface area contributed by atoms with E-state index in [1.807, 2.05) is 109 Å². The number of hydrogen-bond donors (Lipinski definition) is 0. The van der Waals surface area contributed by atoms with Crippen molar-refractivity contribution in [3.63, 3.8) is 0 Å². The first-order chi connectivity index (χ1) is 65.8. The largest absolute Gasteiger partial charge is 0.310 e. The van der Waals surface area contributed by atoms with E-state index in [2.05, 4.69) is 247 Å². The third-order valence-electron chi connectivity index (χ3n) is 24.6. The van der Waals surface area contributed by atoms with Crippen LogP contribution in [0.2, 0.25) is 0 Å². The molecule has 0 fully saturated rings. The predicted octanol–water partition coefficient (Wildman–Crippen LogP) is 28.7. The van der Waals surface area contributed by atoms with E-state index >= 15 is 0 Å². The van der Waals surface area contributed by atoms with Crippen molar-refractivity contribution in [2.75, 3.05) is 9.80 Å². The Morgan fingerprint density at radius 2 is 0.675 bits per heavy atom. The second-order valence-electron chi connectivity index (χ2n) is 32.2. The third kappa shape index (κ3) is 10.7. The van der Waals surface area contributed by atoms with E-state index in [4.69, 9.17) is 0 Å². The van der Waals surface area contributed by atoms with Crippen molar-refractivity contribution in [2.24, 2.45) is 0 Å². The minimum atomic E-state index is -0.862. The standard InChI is InChI=1S/C114H78BN5/c1-114(2,3)81-69-95(75-36-12-6-13-37-75)113(96(70-81)78-40-30-39-76(64-78)73-32-8-4-9-33-73)120-108-72-84(118-103-55-27-22-48-91(103)92-49-23-28-56-104(92)118)60-62-100(108)115-99-61-59-83(117-101-53-25-20-46-89(101)90-47-21-26-54-102(90)117)71-107(99)119(112-86(74-34-10-5-11-35-74)51-31-52-94(112)97-66-79-38-16-17-43-85(79)87-44-18-19-45-88(87)97)109-67-80(68-110(120)111(109)115)77-58-63-106-98(65-77)93-50-24-29-57-105(93)116(106)82-41-14-7-15-42-82/h4-72H,1-3H3/i20D,21D,22D,23D,25D,26D,27D,28D,46D,47D,48D,49D,53D,54D,55D,56D. The zero-order valence-electron chi connectivity index (χ0n) is 81.4. The van der Waals surface area contributed by atoms with Crippen LogP contribution >= 0.6 is 0 Å². The normalized spacial score (nSPS) is 14.4. The Hall–Kier alpha value is -15.2. The van der Waals surface area contributed by atoms with E-state index in [0.717, 1.165) is 138 Å². The molecule has 22 aromatic rings. The highest BCUT2D eigenvalue weighted by atomic mass is 15.2. The summed E-state index contributed by atoms with van der Waals surface area (Å²) in [5.41, 5.74) is 20.2. The smallest absolute Gasteiger partial charge is 0.252 e. The van der Waals surface area contributed by atoms with E-state index in [-0.39, 0.29) is 55.0 Å². The molecule has 6 heteroatoms. The second kappa shape index (κ2) is 27.2. The Bertz CT molecular complexity index is 8850. The Morgan fingerprint density at radius 3 is 1.26 bits per heavy atom. The summed E-state index contributed by atoms with van der Waals surface area (Å²) in [5.74, 6) is 0. The molecule has 0 bridgehead atoms. The van der Waals surface area contributed by atoms with Gasteiger partial charge in [-0.25, -0.2) is 0 Å². The maximum atomic E-state index is 10.1. The van der Waals surface area contributed by atoms with Crippen LogP contribution in [-0.4, -0.2) is 20.4 Å². The molecule has 0 amide bonds. The van der Waals surface area contributed by atoms with Crippen LogP contribution in [0, 0.1) is 0 Å². The van der Waals surface area contributed by atoms with Gasteiger partial charge in [0, 0.05) is 94.4 Å². The lowest BCUT2D eigenvalue weighted by molar-refractivity contribution is 0.591. The van der Waals surface area contributed by atoms with Crippen LogP contribution in [-0.2, 0) is 5.41 Å². The average molecular weight is 1540 g/mol. The SMILES string of the molecule is [2H]c1c([2H])c([2H])c2c(c1[2H])c1c([2H])c([2H])c([2H])c([2H])c1n2-c1ccc2c(c1)N(c1c(-c3ccccc3)cc(C(C)(C)C)cc1-c1cccc(-c3ccccc3)c1)c1cc(-c3ccc4c(c3)c3ccccc3n4-c3ccccc3)cc3c1B2c1ccc(-n2c4c([2H])c([2H])c([2H])c([2H])c4c4c([2H])c([2H])c([2H])c([2H])c42)cc1N3c1c(-c2ccccc2)cccc1-c1cc2ccccc2c2ccccc12. The molecule has 0 radical (unpaired) electrons. The molecule has 0 saturated heterocycles. The molecule has 5 heterocycles. The van der Waals surface area contributed by atoms with E-state index in [0.29, 0.717) is 33.7 Å². The maximum Gasteiger partial charge on any atom is 0.252 e. The van der Waals surface area contributed by atoms with Crippen molar-refractivity contribution in [2.45, 2.75) is 26.2 Å². The number of hydrogen-bond acceptors (Lipinski definition) is 2. The quantitative estimate of drug-likeness (QED) is 0.0951. The highest BCUT2D eigenvalue weighted by Gasteiger charge is 2.46. The molecule has 0 aliphatic carbocycles. The maximum absolute atomic E-state index is 10.1. The van der Waals surface area contributed by atoms with Gasteiger partial charge in [-0.1, -0.05) is 324 Å². The van der Waals surface area contributed by atoms with Crippen molar-refractivity contribution in [1.29, 1.82) is 0 Å². The van der Waals surface area contributed by atoms with Crippen LogP contribution in [0.15, 0.2) is 418 Å². The summed E-state index contributed by atoms with van der Waals surface area (Å²) in [6.07, 6.45) is 0. The molecule has 3 aromatic heterocycles. The summed E-state index contributed by atoms with van der Waals surface area (Å²) >= 11 is 0. The zero-order valence-corrected chi connectivity index (χ0v) is 65.4. The van der Waals surface area contributed by atoms with Crippen molar-refractivity contribution in [3.8, 4) is 83.8 Å². The topological polar surface area (TPSA) is 21.3 Å². The highest BCUT2D eigenvalue weighted by molar-refractivity contribution is 7.00. The second-order valence-corrected chi connectivity index (χ2v) is 32.2. The van der Waals surface area contributed by atoms with Gasteiger partial charge in [0.1, 0.15) is 0 Å². The van der Waals surface area contributed by atoms with Gasteiger partial charge in [-0.05, 0) is 209 Å². The lowest BCUT2D eigenvalue weighted by Gasteiger charge is -2.46. The van der Waals surface area contributed by atoms with Crippen molar-refractivity contribution >= 4 is 144 Å². The van der Waals surface area contributed by atoms with Gasteiger partial charge in [-0.3, -0.25) is 0 Å². The van der Waals surface area contributed by atoms with Crippen LogP contribution in [0.5, 0.6) is 0 Å². The van der Waals surface area contributed by atoms with Gasteiger partial charge in [-0.15, -0.1) is 0 Å². The molecule has 5 nitrogen and oxygen atoms in total. The number of fused-ring (bicyclic) bond motifs is 16. The molecule has 0 saturated carbocycles. The van der Waals surface area contributed by atoms with E-state index in [1.54, 1.807) is 9.13 Å². The summed E-state index contributed by atoms with van der Waals surface area (Å²) in [7, 11) is 0. The van der Waals surface area contributed by atoms with Crippen molar-refractivity contribution in [1.82, 2.24) is 13.7 Å². The zero-order chi connectivity index (χ0) is 93.3. The number of anilines is 6. The first kappa shape index (κ1) is 54.6. The van der Waals surface area contributed by atoms with Gasteiger partial charge in [0.05, 0.1) is 66.4 Å². The molecule has 2 aliphatic rings. The lowest BCUT2D eigenvalue weighted by Crippen LogP contribution is -2.61. The number of benzene rings is 19. The van der Waals surface area contributed by atoms with Crippen molar-refractivity contribution < 1.29 is 21.9 Å². The van der Waals surface area contributed by atoms with E-state index in [1.165, 1.54) is 0 Å². The Kier molecular flexibility index (Phi) is 12.4. The molecule has 24 rings (SSSR count). The van der Waals surface area contributed by atoms with Crippen molar-refractivity contribution in [3.05, 3.63) is 424 Å². The molecule has 2 aliphatic heterocycles. The summed E-state index contributed by atoms with van der Waals surface area (Å²) in [6.45, 7) is 5.79. The van der Waals surface area contributed by atoms with Gasteiger partial charge in [-0.2, -0.15) is 0 Å². The van der Waals surface area contributed by atoms with E-state index < -0.39 is 109 Å². The fraction of sp³-hybridized carbons (Fsp3) is 0.0351. The van der Waals surface area contributed by atoms with Gasteiger partial charge in [0.2, 0.25) is 0 Å². The van der Waals surface area contributed by atoms with Crippen LogP contribution in [0.1, 0.15) is 48.3 Å². The first-order valence-corrected chi connectivity index (χ1v) is 40.5. The van der Waals surface area contributed by atoms with Crippen LogP contribution in [0.3, 0.4) is 0 Å². The minimum absolute atomic E-state index is 0.0692. The van der Waals surface area contributed by atoms with E-state index in [9.17, 15) is 21.9 Å². The molecule has 19 aromatic carbocycles. The lowest BCUT2D eigenvalue weighted by atomic mass is 9.33. The molecule has 120 heavy (non-hydrogen) atoms. The van der Waals surface area contributed by atoms with Gasteiger partial charge in [0.15, 0.2) is 0 Å². The fourth-order valence-corrected chi connectivity index (χ4v) is 19.3. The highest BCUT2D eigenvalue weighted by Crippen LogP contribution is 2.57. The fourth-order valence-electron chi connectivity index (χ4n) is 19.3. The average Bonchev–Trinajstić information content (AvgIpc) is 1.19. The molecule has 0 atom stereocenters. The molecule has 0 spiro atoms. The number of nitrogens with zero attached hydrogens (tertiary/aromatic N) is 5. The molecule has 0 N–H and O–H groups in total. The summed E-state index contributed by atoms with van der Waals surface area (Å²) < 4.78 is 160. The Morgan fingerprint density at radius 1 is 0.242 bits per heavy atom. The monoisotopic (exact) mass is 1540 g/mol. The summed E-state index contributed by atoms with van der Waals surface area (Å²) in [6, 6.07) is 103. The predicted molar refractivity (Wildman–Crippen MR) is 510 cm³/mol. The summed E-state index contributed by atoms with van der Waals surface area (Å²) in [4.78, 5) is 4.73. The molecule has 0 unspecified atom stereocenters. The number of aromatic nitrogens is 3. The van der Waals surface area contributed by atoms with Gasteiger partial charge in [0.25, 0.3) is 6.71 Å². The number of para-hydroxylation sites is 7.